The third kappa shape index (κ3) is 2.84. The highest BCUT2D eigenvalue weighted by molar-refractivity contribution is 5.92. The smallest absolute Gasteiger partial charge is 0.338 e. The molecule has 1 unspecified atom stereocenters. The molecular weight excluding hydrogens is 258 g/mol. The van der Waals surface area contributed by atoms with Gasteiger partial charge in [-0.1, -0.05) is 0 Å². The highest BCUT2D eigenvalue weighted by Gasteiger charge is 2.27. The Morgan fingerprint density at radius 2 is 2.20 bits per heavy atom. The van der Waals surface area contributed by atoms with Crippen molar-refractivity contribution in [2.75, 3.05) is 30.3 Å². The molecule has 1 heterocycles. The molecule has 4 N–H and O–H groups in total. The van der Waals surface area contributed by atoms with E-state index in [9.17, 15) is 9.59 Å². The molecule has 1 aromatic carbocycles. The van der Waals surface area contributed by atoms with Crippen molar-refractivity contribution in [1.29, 1.82) is 0 Å². The summed E-state index contributed by atoms with van der Waals surface area (Å²) in [5.74, 6) is -0.810. The van der Waals surface area contributed by atoms with Gasteiger partial charge in [0.15, 0.2) is 0 Å². The Kier molecular flexibility index (Phi) is 4.12. The van der Waals surface area contributed by atoms with Crippen LogP contribution in [0.4, 0.5) is 11.4 Å². The third-order valence-electron chi connectivity index (χ3n) is 3.47. The van der Waals surface area contributed by atoms with Crippen LogP contribution in [-0.4, -0.2) is 31.6 Å². The number of nitrogens with two attached hydrogens (primary N) is 2. The highest BCUT2D eigenvalue weighted by Crippen LogP contribution is 2.29. The number of amides is 1. The summed E-state index contributed by atoms with van der Waals surface area (Å²) in [6.07, 6.45) is 0.731. The van der Waals surface area contributed by atoms with E-state index in [2.05, 4.69) is 0 Å². The number of carbonyl (C=O) groups is 2. The largest absolute Gasteiger partial charge is 0.462 e. The molecule has 1 amide bonds. The van der Waals surface area contributed by atoms with E-state index >= 15 is 0 Å². The molecule has 0 radical (unpaired) electrons. The zero-order valence-electron chi connectivity index (χ0n) is 11.5. The summed E-state index contributed by atoms with van der Waals surface area (Å²) in [5, 5.41) is 0. The van der Waals surface area contributed by atoms with E-state index < -0.39 is 0 Å². The van der Waals surface area contributed by atoms with Gasteiger partial charge < -0.3 is 21.1 Å². The zero-order valence-corrected chi connectivity index (χ0v) is 11.5. The van der Waals surface area contributed by atoms with Gasteiger partial charge in [0.25, 0.3) is 0 Å². The van der Waals surface area contributed by atoms with E-state index in [1.54, 1.807) is 25.1 Å². The van der Waals surface area contributed by atoms with Gasteiger partial charge in [0.2, 0.25) is 5.91 Å². The van der Waals surface area contributed by atoms with Crippen LogP contribution in [0, 0.1) is 5.92 Å². The Labute approximate surface area is 117 Å². The number of anilines is 2. The molecule has 1 aliphatic rings. The van der Waals surface area contributed by atoms with E-state index in [1.807, 2.05) is 4.90 Å². The molecule has 0 bridgehead atoms. The van der Waals surface area contributed by atoms with E-state index in [-0.39, 0.29) is 17.8 Å². The van der Waals surface area contributed by atoms with Crippen LogP contribution in [-0.2, 0) is 9.53 Å². The molecule has 2 rings (SSSR count). The van der Waals surface area contributed by atoms with Crippen molar-refractivity contribution >= 4 is 23.3 Å². The number of rotatable bonds is 4. The molecule has 1 aliphatic heterocycles. The molecule has 0 aromatic heterocycles. The molecule has 20 heavy (non-hydrogen) atoms. The quantitative estimate of drug-likeness (QED) is 0.625. The molecule has 1 fully saturated rings. The predicted octanol–water partition coefficient (Wildman–Crippen LogP) is 0.757. The fourth-order valence-corrected chi connectivity index (χ4v) is 2.40. The first-order chi connectivity index (χ1) is 9.52. The molecule has 1 aromatic rings. The lowest BCUT2D eigenvalue weighted by molar-refractivity contribution is -0.121. The van der Waals surface area contributed by atoms with Gasteiger partial charge in [0, 0.05) is 13.1 Å². The number of hydrogen-bond donors (Lipinski definition) is 2. The maximum absolute atomic E-state index is 11.6. The summed E-state index contributed by atoms with van der Waals surface area (Å²) < 4.78 is 4.93. The van der Waals surface area contributed by atoms with E-state index in [1.165, 1.54) is 0 Å². The van der Waals surface area contributed by atoms with Gasteiger partial charge in [-0.05, 0) is 31.5 Å². The summed E-state index contributed by atoms with van der Waals surface area (Å²) >= 11 is 0. The maximum atomic E-state index is 11.6. The first-order valence-electron chi connectivity index (χ1n) is 6.63. The number of hydrogen-bond acceptors (Lipinski definition) is 5. The van der Waals surface area contributed by atoms with Crippen LogP contribution < -0.4 is 16.4 Å². The number of benzene rings is 1. The molecule has 6 heteroatoms. The average Bonchev–Trinajstić information content (AvgIpc) is 2.88. The second-order valence-corrected chi connectivity index (χ2v) is 4.83. The minimum atomic E-state index is -0.387. The van der Waals surface area contributed by atoms with Crippen LogP contribution >= 0.6 is 0 Å². The van der Waals surface area contributed by atoms with E-state index in [4.69, 9.17) is 16.2 Å². The van der Waals surface area contributed by atoms with Crippen LogP contribution in [0.25, 0.3) is 0 Å². The zero-order chi connectivity index (χ0) is 14.7. The number of carbonyl (C=O) groups excluding carboxylic acids is 2. The van der Waals surface area contributed by atoms with Crippen LogP contribution in [0.5, 0.6) is 0 Å². The van der Waals surface area contributed by atoms with Crippen molar-refractivity contribution in [3.63, 3.8) is 0 Å². The first-order valence-corrected chi connectivity index (χ1v) is 6.63. The monoisotopic (exact) mass is 277 g/mol. The molecule has 1 saturated heterocycles. The molecule has 6 nitrogen and oxygen atoms in total. The van der Waals surface area contributed by atoms with Gasteiger partial charge in [-0.15, -0.1) is 0 Å². The van der Waals surface area contributed by atoms with Gasteiger partial charge >= 0.3 is 5.97 Å². The number of nitrogen functional groups attached to an aromatic ring is 1. The third-order valence-corrected chi connectivity index (χ3v) is 3.47. The van der Waals surface area contributed by atoms with Crippen molar-refractivity contribution in [2.24, 2.45) is 11.7 Å². The molecule has 108 valence electrons. The van der Waals surface area contributed by atoms with E-state index in [0.29, 0.717) is 24.4 Å². The van der Waals surface area contributed by atoms with Gasteiger partial charge in [0.1, 0.15) is 0 Å². The summed E-state index contributed by atoms with van der Waals surface area (Å²) in [4.78, 5) is 24.8. The number of esters is 1. The summed E-state index contributed by atoms with van der Waals surface area (Å²) in [5.41, 5.74) is 13.1. The summed E-state index contributed by atoms with van der Waals surface area (Å²) in [7, 11) is 0. The maximum Gasteiger partial charge on any atom is 0.338 e. The number of nitrogens with zero attached hydrogens (tertiary/aromatic N) is 1. The van der Waals surface area contributed by atoms with Gasteiger partial charge in [-0.2, -0.15) is 0 Å². The minimum Gasteiger partial charge on any atom is -0.462 e. The summed E-state index contributed by atoms with van der Waals surface area (Å²) in [6.45, 7) is 3.38. The lowest BCUT2D eigenvalue weighted by Gasteiger charge is -2.20. The summed E-state index contributed by atoms with van der Waals surface area (Å²) in [6, 6.07) is 5.07. The van der Waals surface area contributed by atoms with Crippen molar-refractivity contribution in [1.82, 2.24) is 0 Å². The molecule has 0 spiro atoms. The Hall–Kier alpha value is -2.24. The van der Waals surface area contributed by atoms with Crippen LogP contribution in [0.3, 0.4) is 0 Å². The average molecular weight is 277 g/mol. The molecule has 0 saturated carbocycles. The van der Waals surface area contributed by atoms with Gasteiger partial charge in [-0.3, -0.25) is 4.79 Å². The van der Waals surface area contributed by atoms with Crippen molar-refractivity contribution in [2.45, 2.75) is 13.3 Å². The fraction of sp³-hybridized carbons (Fsp3) is 0.429. The Morgan fingerprint density at radius 3 is 2.75 bits per heavy atom. The second kappa shape index (κ2) is 5.81. The molecular formula is C14H19N3O3. The van der Waals surface area contributed by atoms with Gasteiger partial charge in [-0.25, -0.2) is 4.79 Å². The second-order valence-electron chi connectivity index (χ2n) is 4.83. The Balaban J connectivity index is 2.14. The highest BCUT2D eigenvalue weighted by atomic mass is 16.5. The number of primary amides is 1. The minimum absolute atomic E-state index is 0.140. The van der Waals surface area contributed by atoms with Crippen LogP contribution in [0.15, 0.2) is 18.2 Å². The van der Waals surface area contributed by atoms with Crippen molar-refractivity contribution in [3.8, 4) is 0 Å². The van der Waals surface area contributed by atoms with Crippen LogP contribution in [0.1, 0.15) is 23.7 Å². The fourth-order valence-electron chi connectivity index (χ4n) is 2.40. The predicted molar refractivity (Wildman–Crippen MR) is 76.3 cm³/mol. The van der Waals surface area contributed by atoms with E-state index in [0.717, 1.165) is 18.7 Å². The molecule has 1 atom stereocenters. The Bertz CT molecular complexity index is 530. The first kappa shape index (κ1) is 14.2. The lowest BCUT2D eigenvalue weighted by Crippen LogP contribution is -2.27. The molecule has 0 aliphatic carbocycles. The van der Waals surface area contributed by atoms with Crippen molar-refractivity contribution in [3.05, 3.63) is 23.8 Å². The lowest BCUT2D eigenvalue weighted by atomic mass is 10.1. The number of ether oxygens (including phenoxy) is 1. The van der Waals surface area contributed by atoms with Crippen molar-refractivity contribution < 1.29 is 14.3 Å². The normalized spacial score (nSPS) is 18.1. The topological polar surface area (TPSA) is 98.6 Å². The Morgan fingerprint density at radius 1 is 1.45 bits per heavy atom. The standard InChI is InChI=1S/C14H19N3O3/c1-2-20-14(19)9-3-4-12(11(15)7-9)17-6-5-10(8-17)13(16)18/h3-4,7,10H,2,5-6,8,15H2,1H3,(H2,16,18). The van der Waals surface area contributed by atoms with Gasteiger partial charge in [0.05, 0.1) is 29.5 Å². The van der Waals surface area contributed by atoms with Crippen LogP contribution in [0.2, 0.25) is 0 Å². The SMILES string of the molecule is CCOC(=O)c1ccc(N2CCC(C(N)=O)C2)c(N)c1.